The van der Waals surface area contributed by atoms with Crippen molar-refractivity contribution in [1.82, 2.24) is 9.27 Å². The molecular formula is C14H24N4O2S. The molecule has 0 aromatic carbocycles. The van der Waals surface area contributed by atoms with Crippen molar-refractivity contribution in [3.05, 3.63) is 5.56 Å². The van der Waals surface area contributed by atoms with Crippen molar-refractivity contribution >= 4 is 28.3 Å². The summed E-state index contributed by atoms with van der Waals surface area (Å²) in [5.74, 6) is 0.530. The van der Waals surface area contributed by atoms with Crippen LogP contribution in [0.2, 0.25) is 0 Å². The lowest BCUT2D eigenvalue weighted by molar-refractivity contribution is 0.0528. The molecule has 1 aromatic rings. The molecule has 2 N–H and O–H groups in total. The summed E-state index contributed by atoms with van der Waals surface area (Å²) in [4.78, 5) is 16.5. The minimum absolute atomic E-state index is 0.267. The molecule has 1 aliphatic rings. The molecule has 0 radical (unpaired) electrons. The highest BCUT2D eigenvalue weighted by Crippen LogP contribution is 2.32. The van der Waals surface area contributed by atoms with Crippen molar-refractivity contribution in [1.29, 1.82) is 0 Å². The van der Waals surface area contributed by atoms with E-state index in [9.17, 15) is 4.79 Å². The summed E-state index contributed by atoms with van der Waals surface area (Å²) in [5, 5.41) is 0.810. The molecule has 2 rings (SSSR count). The van der Waals surface area contributed by atoms with Crippen LogP contribution in [0.5, 0.6) is 0 Å². The van der Waals surface area contributed by atoms with Crippen LogP contribution < -0.4 is 10.6 Å². The zero-order valence-corrected chi connectivity index (χ0v) is 13.8. The van der Waals surface area contributed by atoms with Gasteiger partial charge >= 0.3 is 5.97 Å². The zero-order valence-electron chi connectivity index (χ0n) is 13.0. The van der Waals surface area contributed by atoms with Gasteiger partial charge in [0.2, 0.25) is 0 Å². The number of likely N-dealkylation sites (tertiary alicyclic amines) is 1. The van der Waals surface area contributed by atoms with Crippen LogP contribution >= 0.6 is 11.5 Å². The number of ether oxygens (including phenoxy) is 1. The predicted molar refractivity (Wildman–Crippen MR) is 86.0 cm³/mol. The van der Waals surface area contributed by atoms with Gasteiger partial charge in [0.25, 0.3) is 0 Å². The Labute approximate surface area is 130 Å². The van der Waals surface area contributed by atoms with Crippen molar-refractivity contribution in [2.75, 3.05) is 51.0 Å². The molecular weight excluding hydrogens is 288 g/mol. The minimum atomic E-state index is -0.381. The smallest absolute Gasteiger partial charge is 0.345 e. The van der Waals surface area contributed by atoms with Gasteiger partial charge in [-0.1, -0.05) is 0 Å². The number of nitrogens with zero attached hydrogens (tertiary/aromatic N) is 3. The number of aromatic nitrogens is 1. The molecule has 118 valence electrons. The van der Waals surface area contributed by atoms with Gasteiger partial charge in [0.15, 0.2) is 5.82 Å². The van der Waals surface area contributed by atoms with Crippen LogP contribution in [0.25, 0.3) is 0 Å². The number of carbonyl (C=O) groups is 1. The van der Waals surface area contributed by atoms with E-state index in [0.29, 0.717) is 18.1 Å². The highest BCUT2D eigenvalue weighted by atomic mass is 32.1. The maximum absolute atomic E-state index is 12.0. The monoisotopic (exact) mass is 312 g/mol. The van der Waals surface area contributed by atoms with Crippen molar-refractivity contribution in [3.63, 3.8) is 0 Å². The second-order valence-electron chi connectivity index (χ2n) is 5.60. The summed E-state index contributed by atoms with van der Waals surface area (Å²) in [6, 6.07) is 0. The molecule has 2 heterocycles. The van der Waals surface area contributed by atoms with Gasteiger partial charge in [-0.25, -0.2) is 4.79 Å². The van der Waals surface area contributed by atoms with E-state index in [0.717, 1.165) is 24.6 Å². The second-order valence-corrected chi connectivity index (χ2v) is 6.35. The lowest BCUT2D eigenvalue weighted by Crippen LogP contribution is -2.35. The summed E-state index contributed by atoms with van der Waals surface area (Å²) in [5.41, 5.74) is 6.24. The number of carbonyl (C=O) groups excluding carboxylic acids is 1. The Morgan fingerprint density at radius 1 is 1.52 bits per heavy atom. The van der Waals surface area contributed by atoms with Gasteiger partial charge in [-0.2, -0.15) is 4.37 Å². The Bertz CT molecular complexity index is 483. The summed E-state index contributed by atoms with van der Waals surface area (Å²) in [6.45, 7) is 5.31. The van der Waals surface area contributed by atoms with Crippen LogP contribution in [0.15, 0.2) is 0 Å². The molecule has 0 saturated carbocycles. The summed E-state index contributed by atoms with van der Waals surface area (Å²) in [6.07, 6.45) is 2.37. The third-order valence-corrected chi connectivity index (χ3v) is 4.87. The molecule has 0 aliphatic carbocycles. The van der Waals surface area contributed by atoms with Gasteiger partial charge in [0, 0.05) is 13.6 Å². The van der Waals surface area contributed by atoms with Crippen LogP contribution in [0.4, 0.5) is 10.8 Å². The fourth-order valence-electron chi connectivity index (χ4n) is 2.66. The third-order valence-electron chi connectivity index (χ3n) is 3.90. The van der Waals surface area contributed by atoms with E-state index in [-0.39, 0.29) is 11.8 Å². The molecule has 21 heavy (non-hydrogen) atoms. The highest BCUT2D eigenvalue weighted by molar-refractivity contribution is 7.11. The summed E-state index contributed by atoms with van der Waals surface area (Å²) < 4.78 is 9.19. The largest absolute Gasteiger partial charge is 0.462 e. The number of nitrogen functional groups attached to an aromatic ring is 1. The van der Waals surface area contributed by atoms with E-state index in [4.69, 9.17) is 10.5 Å². The molecule has 1 fully saturated rings. The van der Waals surface area contributed by atoms with E-state index in [1.165, 1.54) is 24.4 Å². The fourth-order valence-corrected chi connectivity index (χ4v) is 3.43. The average molecular weight is 312 g/mol. The topological polar surface area (TPSA) is 71.7 Å². The van der Waals surface area contributed by atoms with Crippen LogP contribution in [0.3, 0.4) is 0 Å². The highest BCUT2D eigenvalue weighted by Gasteiger charge is 2.25. The summed E-state index contributed by atoms with van der Waals surface area (Å²) >= 11 is 1.27. The first-order valence-corrected chi connectivity index (χ1v) is 8.12. The van der Waals surface area contributed by atoms with Crippen molar-refractivity contribution < 1.29 is 9.53 Å². The molecule has 7 heteroatoms. The van der Waals surface area contributed by atoms with Gasteiger partial charge in [0.05, 0.1) is 6.61 Å². The van der Waals surface area contributed by atoms with E-state index >= 15 is 0 Å². The number of piperidine rings is 1. The first kappa shape index (κ1) is 16.0. The molecule has 0 unspecified atom stereocenters. The number of hydrogen-bond donors (Lipinski definition) is 1. The Hall–Kier alpha value is -1.34. The van der Waals surface area contributed by atoms with Gasteiger partial charge in [-0.3, -0.25) is 0 Å². The Morgan fingerprint density at radius 2 is 2.19 bits per heavy atom. The average Bonchev–Trinajstić information content (AvgIpc) is 2.83. The summed E-state index contributed by atoms with van der Waals surface area (Å²) in [7, 11) is 4.15. The quantitative estimate of drug-likeness (QED) is 0.834. The standard InChI is InChI=1S/C14H24N4O2S/c1-4-20-14(19)11-12(15)16-21-13(11)18(3)9-10-5-7-17(2)8-6-10/h10H,4-9H2,1-3H3,(H2,15,16). The first-order valence-electron chi connectivity index (χ1n) is 7.34. The molecule has 0 atom stereocenters. The SMILES string of the molecule is CCOC(=O)c1c(N)nsc1N(C)CC1CCN(C)CC1. The van der Waals surface area contributed by atoms with Crippen molar-refractivity contribution in [3.8, 4) is 0 Å². The maximum Gasteiger partial charge on any atom is 0.345 e. The number of nitrogens with two attached hydrogens (primary N) is 1. The molecule has 1 saturated heterocycles. The molecule has 1 aromatic heterocycles. The fraction of sp³-hybridized carbons (Fsp3) is 0.714. The number of esters is 1. The number of hydrogen-bond acceptors (Lipinski definition) is 7. The predicted octanol–water partition coefficient (Wildman–Crippen LogP) is 1.68. The van der Waals surface area contributed by atoms with E-state index in [1.54, 1.807) is 6.92 Å². The number of rotatable bonds is 5. The van der Waals surface area contributed by atoms with E-state index in [1.807, 2.05) is 7.05 Å². The molecule has 6 nitrogen and oxygen atoms in total. The molecule has 0 amide bonds. The van der Waals surface area contributed by atoms with Crippen LogP contribution in [0, 0.1) is 5.92 Å². The van der Waals surface area contributed by atoms with Gasteiger partial charge in [0.1, 0.15) is 10.6 Å². The van der Waals surface area contributed by atoms with E-state index < -0.39 is 0 Å². The zero-order chi connectivity index (χ0) is 15.4. The molecule has 0 spiro atoms. The van der Waals surface area contributed by atoms with Crippen LogP contribution in [-0.2, 0) is 4.74 Å². The number of anilines is 2. The minimum Gasteiger partial charge on any atom is -0.462 e. The Morgan fingerprint density at radius 3 is 2.81 bits per heavy atom. The lowest BCUT2D eigenvalue weighted by atomic mass is 9.97. The van der Waals surface area contributed by atoms with Crippen molar-refractivity contribution in [2.24, 2.45) is 5.92 Å². The van der Waals surface area contributed by atoms with Crippen LogP contribution in [-0.4, -0.2) is 55.6 Å². The van der Waals surface area contributed by atoms with Gasteiger partial charge in [-0.05, 0) is 57.4 Å². The van der Waals surface area contributed by atoms with Gasteiger partial charge < -0.3 is 20.3 Å². The van der Waals surface area contributed by atoms with Gasteiger partial charge in [-0.15, -0.1) is 0 Å². The Balaban J connectivity index is 2.05. The molecule has 0 bridgehead atoms. The normalized spacial score (nSPS) is 16.9. The van der Waals surface area contributed by atoms with E-state index in [2.05, 4.69) is 21.2 Å². The van der Waals surface area contributed by atoms with Crippen molar-refractivity contribution in [2.45, 2.75) is 19.8 Å². The lowest BCUT2D eigenvalue weighted by Gasteiger charge is -2.32. The van der Waals surface area contributed by atoms with Crippen LogP contribution in [0.1, 0.15) is 30.1 Å². The first-order chi connectivity index (χ1) is 10.0. The molecule has 1 aliphatic heterocycles. The third kappa shape index (κ3) is 3.85. The Kier molecular flexibility index (Phi) is 5.41. The second kappa shape index (κ2) is 7.09. The maximum atomic E-state index is 12.0.